The van der Waals surface area contributed by atoms with Crippen LogP contribution < -0.4 is 10.2 Å². The molecule has 0 saturated carbocycles. The molecule has 3 N–H and O–H groups in total. The molecule has 0 aromatic rings. The smallest absolute Gasteiger partial charge is 0.277 e. The first-order chi connectivity index (χ1) is 7.36. The molecule has 86 valence electrons. The van der Waals surface area contributed by atoms with Gasteiger partial charge < -0.3 is 19.9 Å². The summed E-state index contributed by atoms with van der Waals surface area (Å²) in [5.41, 5.74) is 0. The first-order valence-corrected chi connectivity index (χ1v) is 5.87. The van der Waals surface area contributed by atoms with Gasteiger partial charge in [-0.3, -0.25) is 4.79 Å². The molecule has 0 unspecified atom stereocenters. The van der Waals surface area contributed by atoms with Gasteiger partial charge in [0.15, 0.2) is 6.54 Å². The summed E-state index contributed by atoms with van der Waals surface area (Å²) < 4.78 is 5.23. The Labute approximate surface area is 90.4 Å². The van der Waals surface area contributed by atoms with Crippen LogP contribution in [0.1, 0.15) is 0 Å². The Morgan fingerprint density at radius 1 is 1.27 bits per heavy atom. The van der Waals surface area contributed by atoms with Crippen molar-refractivity contribution in [1.29, 1.82) is 0 Å². The molecule has 5 nitrogen and oxygen atoms in total. The van der Waals surface area contributed by atoms with Crippen molar-refractivity contribution >= 4 is 5.91 Å². The van der Waals surface area contributed by atoms with Crippen molar-refractivity contribution in [2.45, 2.75) is 0 Å². The molecule has 15 heavy (non-hydrogen) atoms. The molecule has 0 atom stereocenters. The molecule has 2 rings (SSSR count). The number of carbonyl (C=O) groups is 1. The molecule has 2 aliphatic heterocycles. The fourth-order valence-electron chi connectivity index (χ4n) is 2.20. The van der Waals surface area contributed by atoms with Crippen molar-refractivity contribution in [3.8, 4) is 0 Å². The third-order valence-electron chi connectivity index (χ3n) is 3.17. The number of carbonyl (C=O) groups excluding carboxylic acids is 1. The van der Waals surface area contributed by atoms with E-state index < -0.39 is 0 Å². The second-order valence-corrected chi connectivity index (χ2v) is 4.29. The highest BCUT2D eigenvalue weighted by Crippen LogP contribution is 1.95. The predicted molar refractivity (Wildman–Crippen MR) is 54.6 cm³/mol. The minimum Gasteiger partial charge on any atom is -0.378 e. The van der Waals surface area contributed by atoms with E-state index in [2.05, 4.69) is 5.32 Å². The first kappa shape index (κ1) is 10.9. The minimum absolute atomic E-state index is 0.301. The number of hydrogen-bond acceptors (Lipinski definition) is 2. The molecule has 0 aromatic heterocycles. The van der Waals surface area contributed by atoms with Crippen LogP contribution in [0.3, 0.4) is 0 Å². The molecule has 0 aliphatic carbocycles. The molecule has 0 bridgehead atoms. The molecular weight excluding hydrogens is 194 g/mol. The second kappa shape index (κ2) is 5.44. The van der Waals surface area contributed by atoms with E-state index in [-0.39, 0.29) is 0 Å². The third kappa shape index (κ3) is 3.15. The number of hydrogen-bond donors (Lipinski definition) is 2. The number of quaternary nitrogens is 2. The summed E-state index contributed by atoms with van der Waals surface area (Å²) in [4.78, 5) is 15.3. The van der Waals surface area contributed by atoms with Crippen LogP contribution in [0.4, 0.5) is 0 Å². The number of morpholine rings is 1. The normalized spacial score (nSPS) is 24.1. The highest BCUT2D eigenvalue weighted by Gasteiger charge is 2.23. The van der Waals surface area contributed by atoms with E-state index in [1.54, 1.807) is 0 Å². The van der Waals surface area contributed by atoms with Crippen LogP contribution in [0.2, 0.25) is 0 Å². The Kier molecular flexibility index (Phi) is 3.94. The number of nitrogens with zero attached hydrogens (tertiary/aromatic N) is 1. The van der Waals surface area contributed by atoms with Crippen LogP contribution in [0.25, 0.3) is 0 Å². The number of rotatable bonds is 2. The van der Waals surface area contributed by atoms with Gasteiger partial charge in [0.05, 0.1) is 13.2 Å². The summed E-state index contributed by atoms with van der Waals surface area (Å²) in [5, 5.41) is 2.32. The van der Waals surface area contributed by atoms with Gasteiger partial charge in [-0.05, 0) is 0 Å². The Bertz CT molecular complexity index is 211. The molecule has 2 saturated heterocycles. The number of nitrogens with one attached hydrogen (secondary N) is 1. The lowest BCUT2D eigenvalue weighted by molar-refractivity contribution is -0.940. The lowest BCUT2D eigenvalue weighted by atomic mass is 10.3. The topological polar surface area (TPSA) is 50.6 Å². The molecular formula is C10H21N3O2+2. The SMILES string of the molecule is O=C(C[NH+]1CC[NH2+]CC1)N1CCOCC1. The zero-order valence-electron chi connectivity index (χ0n) is 9.21. The number of piperazine rings is 1. The second-order valence-electron chi connectivity index (χ2n) is 4.29. The van der Waals surface area contributed by atoms with E-state index in [0.717, 1.165) is 39.3 Å². The van der Waals surface area contributed by atoms with Crippen molar-refractivity contribution in [3.63, 3.8) is 0 Å². The maximum atomic E-state index is 11.9. The Morgan fingerprint density at radius 3 is 2.60 bits per heavy atom. The maximum Gasteiger partial charge on any atom is 0.277 e. The van der Waals surface area contributed by atoms with Crippen LogP contribution in [-0.4, -0.2) is 69.8 Å². The van der Waals surface area contributed by atoms with Crippen LogP contribution >= 0.6 is 0 Å². The largest absolute Gasteiger partial charge is 0.378 e. The molecule has 0 radical (unpaired) electrons. The van der Waals surface area contributed by atoms with Crippen molar-refractivity contribution in [2.75, 3.05) is 59.0 Å². The van der Waals surface area contributed by atoms with Crippen molar-refractivity contribution in [2.24, 2.45) is 0 Å². The van der Waals surface area contributed by atoms with Gasteiger partial charge in [0.25, 0.3) is 5.91 Å². The number of ether oxygens (including phenoxy) is 1. The molecule has 1 amide bonds. The third-order valence-corrected chi connectivity index (χ3v) is 3.17. The van der Waals surface area contributed by atoms with Crippen LogP contribution in [0.15, 0.2) is 0 Å². The van der Waals surface area contributed by atoms with Gasteiger partial charge in [-0.15, -0.1) is 0 Å². The zero-order chi connectivity index (χ0) is 10.5. The van der Waals surface area contributed by atoms with Crippen molar-refractivity contribution in [1.82, 2.24) is 4.90 Å². The van der Waals surface area contributed by atoms with Gasteiger partial charge in [-0.2, -0.15) is 0 Å². The van der Waals surface area contributed by atoms with Gasteiger partial charge in [0, 0.05) is 13.1 Å². The highest BCUT2D eigenvalue weighted by atomic mass is 16.5. The first-order valence-electron chi connectivity index (χ1n) is 5.87. The molecule has 5 heteroatoms. The summed E-state index contributed by atoms with van der Waals surface area (Å²) in [5.74, 6) is 0.301. The summed E-state index contributed by atoms with van der Waals surface area (Å²) in [7, 11) is 0. The minimum atomic E-state index is 0.301. The fourth-order valence-corrected chi connectivity index (χ4v) is 2.20. The van der Waals surface area contributed by atoms with Gasteiger partial charge in [-0.1, -0.05) is 0 Å². The Hall–Kier alpha value is -0.650. The maximum absolute atomic E-state index is 11.9. The van der Waals surface area contributed by atoms with Crippen molar-refractivity contribution < 1.29 is 19.7 Å². The molecule has 2 fully saturated rings. The summed E-state index contributed by atoms with van der Waals surface area (Å²) in [6.07, 6.45) is 0. The summed E-state index contributed by atoms with van der Waals surface area (Å²) >= 11 is 0. The number of nitrogens with two attached hydrogens (primary N) is 1. The van der Waals surface area contributed by atoms with Crippen LogP contribution in [0, 0.1) is 0 Å². The van der Waals surface area contributed by atoms with Gasteiger partial charge in [0.1, 0.15) is 26.2 Å². The summed E-state index contributed by atoms with van der Waals surface area (Å²) in [6, 6.07) is 0. The van der Waals surface area contributed by atoms with Gasteiger partial charge in [0.2, 0.25) is 0 Å². The lowest BCUT2D eigenvalue weighted by Gasteiger charge is -2.29. The van der Waals surface area contributed by atoms with Crippen LogP contribution in [-0.2, 0) is 9.53 Å². The van der Waals surface area contributed by atoms with E-state index in [9.17, 15) is 4.79 Å². The highest BCUT2D eigenvalue weighted by molar-refractivity contribution is 5.77. The fraction of sp³-hybridized carbons (Fsp3) is 0.900. The van der Waals surface area contributed by atoms with E-state index in [1.165, 1.54) is 4.90 Å². The lowest BCUT2D eigenvalue weighted by Crippen LogP contribution is -3.21. The van der Waals surface area contributed by atoms with E-state index in [1.807, 2.05) is 4.90 Å². The average Bonchev–Trinajstić information content (AvgIpc) is 2.31. The summed E-state index contributed by atoms with van der Waals surface area (Å²) in [6.45, 7) is 8.19. The monoisotopic (exact) mass is 215 g/mol. The van der Waals surface area contributed by atoms with E-state index in [4.69, 9.17) is 4.74 Å². The quantitative estimate of drug-likeness (QED) is 0.498. The molecule has 0 aromatic carbocycles. The molecule has 2 aliphatic rings. The zero-order valence-corrected chi connectivity index (χ0v) is 9.21. The van der Waals surface area contributed by atoms with Crippen LogP contribution in [0.5, 0.6) is 0 Å². The molecule has 2 heterocycles. The predicted octanol–water partition coefficient (Wildman–Crippen LogP) is -3.69. The van der Waals surface area contributed by atoms with E-state index >= 15 is 0 Å². The van der Waals surface area contributed by atoms with Crippen molar-refractivity contribution in [3.05, 3.63) is 0 Å². The Balaban J connectivity index is 1.74. The van der Waals surface area contributed by atoms with Gasteiger partial charge >= 0.3 is 0 Å². The number of amides is 1. The Morgan fingerprint density at radius 2 is 1.93 bits per heavy atom. The van der Waals surface area contributed by atoms with E-state index in [0.29, 0.717) is 25.7 Å². The average molecular weight is 215 g/mol. The standard InChI is InChI=1S/C10H19N3O2/c14-10(13-5-7-15-8-6-13)9-12-3-1-11-2-4-12/h11H,1-9H2/p+2. The van der Waals surface area contributed by atoms with Gasteiger partial charge in [-0.25, -0.2) is 0 Å². The molecule has 0 spiro atoms.